The average Bonchev–Trinajstić information content (AvgIpc) is 3.08. The second-order valence-corrected chi connectivity index (χ2v) is 6.97. The summed E-state index contributed by atoms with van der Waals surface area (Å²) in [5, 5.41) is 16.2. The topological polar surface area (TPSA) is 42.3 Å². The number of alkyl halides is 1. The first-order valence-corrected chi connectivity index (χ1v) is 8.85. The highest BCUT2D eigenvalue weighted by atomic mass is 19.1. The molecule has 3 atom stereocenters. The molecule has 0 bridgehead atoms. The van der Waals surface area contributed by atoms with Crippen LogP contribution in [-0.4, -0.2) is 42.0 Å². The molecular formula is C19H23F3N4. The van der Waals surface area contributed by atoms with Gasteiger partial charge in [0.1, 0.15) is 24.0 Å². The second kappa shape index (κ2) is 7.68. The van der Waals surface area contributed by atoms with E-state index in [4.69, 9.17) is 5.26 Å². The maximum Gasteiger partial charge on any atom is 0.126 e. The molecule has 3 rings (SSSR count). The van der Waals surface area contributed by atoms with Crippen molar-refractivity contribution in [1.82, 2.24) is 15.3 Å². The zero-order chi connectivity index (χ0) is 18.8. The van der Waals surface area contributed by atoms with E-state index in [9.17, 15) is 13.2 Å². The molecule has 0 aromatic heterocycles. The lowest BCUT2D eigenvalue weighted by atomic mass is 10.1. The number of likely N-dealkylation sites (N-methyl/N-ethyl adjacent to an activating group) is 1. The predicted molar refractivity (Wildman–Crippen MR) is 93.1 cm³/mol. The lowest BCUT2D eigenvalue weighted by molar-refractivity contribution is 0.0379. The van der Waals surface area contributed by atoms with Gasteiger partial charge in [-0.1, -0.05) is 0 Å². The molecule has 7 heteroatoms. The molecule has 0 saturated heterocycles. The number of nitrogens with one attached hydrogen (secondary N) is 1. The van der Waals surface area contributed by atoms with Crippen molar-refractivity contribution in [2.45, 2.75) is 51.0 Å². The number of nitriles is 1. The van der Waals surface area contributed by atoms with Crippen LogP contribution in [0.1, 0.15) is 38.2 Å². The van der Waals surface area contributed by atoms with Crippen molar-refractivity contribution >= 4 is 5.70 Å². The molecule has 26 heavy (non-hydrogen) atoms. The maximum absolute atomic E-state index is 13.7. The Morgan fingerprint density at radius 1 is 1.23 bits per heavy atom. The quantitative estimate of drug-likeness (QED) is 0.867. The summed E-state index contributed by atoms with van der Waals surface area (Å²) >= 11 is 0. The smallest absolute Gasteiger partial charge is 0.126 e. The fourth-order valence-electron chi connectivity index (χ4n) is 3.94. The fourth-order valence-corrected chi connectivity index (χ4v) is 3.94. The molecule has 1 heterocycles. The summed E-state index contributed by atoms with van der Waals surface area (Å²) in [4.78, 5) is 0. The van der Waals surface area contributed by atoms with Gasteiger partial charge in [-0.2, -0.15) is 5.26 Å². The molecule has 1 saturated carbocycles. The van der Waals surface area contributed by atoms with Gasteiger partial charge in [-0.3, -0.25) is 5.32 Å². The monoisotopic (exact) mass is 364 g/mol. The van der Waals surface area contributed by atoms with Crippen LogP contribution in [0.3, 0.4) is 0 Å². The van der Waals surface area contributed by atoms with Gasteiger partial charge < -0.3 is 5.01 Å². The minimum atomic E-state index is -0.782. The van der Waals surface area contributed by atoms with Gasteiger partial charge in [0.15, 0.2) is 0 Å². The van der Waals surface area contributed by atoms with E-state index >= 15 is 0 Å². The van der Waals surface area contributed by atoms with Crippen molar-refractivity contribution in [1.29, 1.82) is 5.26 Å². The molecule has 1 unspecified atom stereocenters. The highest BCUT2D eigenvalue weighted by molar-refractivity contribution is 5.69. The molecule has 1 aliphatic carbocycles. The van der Waals surface area contributed by atoms with Gasteiger partial charge in [-0.25, -0.2) is 18.2 Å². The van der Waals surface area contributed by atoms with Crippen LogP contribution in [0.25, 0.3) is 5.70 Å². The fraction of sp³-hybridized carbons (Fsp3) is 0.526. The normalized spacial score (nSPS) is 26.6. The Kier molecular flexibility index (Phi) is 5.54. The first-order valence-electron chi connectivity index (χ1n) is 8.85. The molecule has 1 aromatic rings. The van der Waals surface area contributed by atoms with Crippen LogP contribution in [0, 0.1) is 23.0 Å². The van der Waals surface area contributed by atoms with Gasteiger partial charge in [0.25, 0.3) is 0 Å². The summed E-state index contributed by atoms with van der Waals surface area (Å²) in [5.41, 5.74) is 2.02. The van der Waals surface area contributed by atoms with Crippen LogP contribution in [0.15, 0.2) is 23.8 Å². The first-order chi connectivity index (χ1) is 12.4. The van der Waals surface area contributed by atoms with Crippen molar-refractivity contribution in [3.63, 3.8) is 0 Å². The Hall–Kier alpha value is -2.04. The van der Waals surface area contributed by atoms with Crippen LogP contribution >= 0.6 is 0 Å². The Balaban J connectivity index is 1.93. The van der Waals surface area contributed by atoms with E-state index in [-0.39, 0.29) is 18.6 Å². The van der Waals surface area contributed by atoms with Crippen LogP contribution in [-0.2, 0) is 0 Å². The van der Waals surface area contributed by atoms with Gasteiger partial charge in [-0.05, 0) is 43.9 Å². The molecule has 1 aromatic carbocycles. The lowest BCUT2D eigenvalue weighted by Crippen LogP contribution is -2.50. The molecule has 0 spiro atoms. The zero-order valence-electron chi connectivity index (χ0n) is 15.0. The van der Waals surface area contributed by atoms with Gasteiger partial charge in [0, 0.05) is 31.3 Å². The third kappa shape index (κ3) is 3.71. The largest absolute Gasteiger partial charge is 0.303 e. The van der Waals surface area contributed by atoms with Crippen LogP contribution in [0.2, 0.25) is 0 Å². The van der Waals surface area contributed by atoms with Crippen molar-refractivity contribution < 1.29 is 13.2 Å². The number of hydrogen-bond donors (Lipinski definition) is 1. The molecule has 0 amide bonds. The Labute approximate surface area is 151 Å². The predicted octanol–water partition coefficient (Wildman–Crippen LogP) is 3.58. The SMILES string of the molecule is CC1=C(c2cc(F)cc(F)c2)N(CCC#N)N(C)C1N[C@H]1CC[C@@H](F)C1. The van der Waals surface area contributed by atoms with Gasteiger partial charge in [-0.15, -0.1) is 0 Å². The Morgan fingerprint density at radius 3 is 2.50 bits per heavy atom. The number of hydrogen-bond acceptors (Lipinski definition) is 4. The average molecular weight is 364 g/mol. The number of rotatable bonds is 5. The highest BCUT2D eigenvalue weighted by Gasteiger charge is 2.37. The van der Waals surface area contributed by atoms with Crippen molar-refractivity contribution in [2.24, 2.45) is 0 Å². The summed E-state index contributed by atoms with van der Waals surface area (Å²) in [6.45, 7) is 2.31. The van der Waals surface area contributed by atoms with Gasteiger partial charge >= 0.3 is 0 Å². The third-order valence-corrected chi connectivity index (χ3v) is 5.13. The van der Waals surface area contributed by atoms with E-state index < -0.39 is 17.8 Å². The van der Waals surface area contributed by atoms with E-state index in [0.717, 1.165) is 18.1 Å². The first kappa shape index (κ1) is 18.7. The second-order valence-electron chi connectivity index (χ2n) is 6.97. The number of benzene rings is 1. The summed E-state index contributed by atoms with van der Waals surface area (Å²) in [5.74, 6) is -1.29. The minimum absolute atomic E-state index is 0.0637. The number of halogens is 3. The molecular weight excluding hydrogens is 341 g/mol. The minimum Gasteiger partial charge on any atom is -0.303 e. The van der Waals surface area contributed by atoms with E-state index in [1.165, 1.54) is 12.1 Å². The third-order valence-electron chi connectivity index (χ3n) is 5.13. The molecule has 1 N–H and O–H groups in total. The molecule has 1 fully saturated rings. The summed E-state index contributed by atoms with van der Waals surface area (Å²) in [6, 6.07) is 5.61. The van der Waals surface area contributed by atoms with Gasteiger partial charge in [0.2, 0.25) is 0 Å². The van der Waals surface area contributed by atoms with Crippen LogP contribution < -0.4 is 5.32 Å². The molecule has 140 valence electrons. The summed E-state index contributed by atoms with van der Waals surface area (Å²) in [7, 11) is 1.86. The Bertz CT molecular complexity index is 723. The van der Waals surface area contributed by atoms with Crippen LogP contribution in [0.4, 0.5) is 13.2 Å². The van der Waals surface area contributed by atoms with Gasteiger partial charge in [0.05, 0.1) is 18.2 Å². The van der Waals surface area contributed by atoms with Crippen molar-refractivity contribution in [3.8, 4) is 6.07 Å². The van der Waals surface area contributed by atoms with Crippen molar-refractivity contribution in [3.05, 3.63) is 41.0 Å². The molecule has 0 radical (unpaired) electrons. The van der Waals surface area contributed by atoms with E-state index in [1.54, 1.807) is 0 Å². The molecule has 2 aliphatic rings. The summed E-state index contributed by atoms with van der Waals surface area (Å²) in [6.07, 6.45) is 1.08. The standard InChI is InChI=1S/C19H23F3N4/c1-12-18(13-8-15(21)10-16(22)9-13)26(7-3-6-23)25(2)19(12)24-17-5-4-14(20)11-17/h8-10,14,17,19,24H,3-5,7,11H2,1-2H3/t14-,17+,19?/m1/s1. The number of nitrogens with zero attached hydrogens (tertiary/aromatic N) is 3. The molecule has 4 nitrogen and oxygen atoms in total. The van der Waals surface area contributed by atoms with E-state index in [0.29, 0.717) is 30.6 Å². The van der Waals surface area contributed by atoms with Crippen LogP contribution in [0.5, 0.6) is 0 Å². The van der Waals surface area contributed by atoms with E-state index in [1.807, 2.05) is 24.0 Å². The molecule has 1 aliphatic heterocycles. The highest BCUT2D eigenvalue weighted by Crippen LogP contribution is 2.36. The van der Waals surface area contributed by atoms with Crippen molar-refractivity contribution in [2.75, 3.05) is 13.6 Å². The lowest BCUT2D eigenvalue weighted by Gasteiger charge is -2.33. The zero-order valence-corrected chi connectivity index (χ0v) is 15.0. The number of hydrazine groups is 1. The Morgan fingerprint density at radius 2 is 1.92 bits per heavy atom. The maximum atomic E-state index is 13.7. The van der Waals surface area contributed by atoms with E-state index in [2.05, 4.69) is 11.4 Å². The summed E-state index contributed by atoms with van der Waals surface area (Å²) < 4.78 is 41.0.